The number of likely N-dealkylation sites (tertiary alicyclic amines) is 1. The van der Waals surface area contributed by atoms with Crippen LogP contribution < -0.4 is 0 Å². The zero-order chi connectivity index (χ0) is 14.4. The molecule has 2 aromatic rings. The standard InChI is InChI=1S/C20H23N/c1-14-8-3-4-9-15(14)19-16-10-5-6-11-17(16)20-18(19)12-7-13-21(20)2/h3-6,8-11,18-20H,7,12-13H2,1-2H3/t18-,19+,20+/m0/s1. The van der Waals surface area contributed by atoms with Crippen LogP contribution in [0.2, 0.25) is 0 Å². The summed E-state index contributed by atoms with van der Waals surface area (Å²) in [7, 11) is 2.30. The molecule has 21 heavy (non-hydrogen) atoms. The van der Waals surface area contributed by atoms with Crippen molar-refractivity contribution in [1.29, 1.82) is 0 Å². The van der Waals surface area contributed by atoms with Crippen LogP contribution in [-0.4, -0.2) is 18.5 Å². The van der Waals surface area contributed by atoms with Gasteiger partial charge in [-0.3, -0.25) is 4.90 Å². The van der Waals surface area contributed by atoms with E-state index in [1.165, 1.54) is 30.5 Å². The molecule has 1 fully saturated rings. The molecule has 0 radical (unpaired) electrons. The molecular weight excluding hydrogens is 254 g/mol. The molecule has 1 heterocycles. The van der Waals surface area contributed by atoms with E-state index in [1.54, 1.807) is 11.1 Å². The molecule has 0 unspecified atom stereocenters. The lowest BCUT2D eigenvalue weighted by molar-refractivity contribution is 0.127. The molecule has 3 atom stereocenters. The highest BCUT2D eigenvalue weighted by atomic mass is 15.1. The van der Waals surface area contributed by atoms with Gasteiger partial charge >= 0.3 is 0 Å². The Morgan fingerprint density at radius 3 is 2.33 bits per heavy atom. The molecular formula is C20H23N. The number of aryl methyl sites for hydroxylation is 1. The van der Waals surface area contributed by atoms with Crippen molar-refractivity contribution in [1.82, 2.24) is 4.90 Å². The maximum Gasteiger partial charge on any atom is 0.0385 e. The van der Waals surface area contributed by atoms with Gasteiger partial charge in [-0.1, -0.05) is 48.5 Å². The van der Waals surface area contributed by atoms with Crippen molar-refractivity contribution in [2.45, 2.75) is 31.7 Å². The molecule has 1 aliphatic heterocycles. The van der Waals surface area contributed by atoms with Gasteiger partial charge in [-0.25, -0.2) is 0 Å². The van der Waals surface area contributed by atoms with Crippen molar-refractivity contribution in [3.05, 3.63) is 70.8 Å². The highest BCUT2D eigenvalue weighted by Crippen LogP contribution is 2.54. The average Bonchev–Trinajstić information content (AvgIpc) is 2.83. The first-order valence-electron chi connectivity index (χ1n) is 8.12. The van der Waals surface area contributed by atoms with Crippen LogP contribution in [-0.2, 0) is 0 Å². The van der Waals surface area contributed by atoms with Crippen LogP contribution in [0.4, 0.5) is 0 Å². The van der Waals surface area contributed by atoms with E-state index in [0.717, 1.165) is 5.92 Å². The highest BCUT2D eigenvalue weighted by Gasteiger charge is 2.44. The molecule has 2 aromatic carbocycles. The third-order valence-electron chi connectivity index (χ3n) is 5.53. The Hall–Kier alpha value is -1.60. The minimum Gasteiger partial charge on any atom is -0.299 e. The van der Waals surface area contributed by atoms with Gasteiger partial charge in [0.2, 0.25) is 0 Å². The van der Waals surface area contributed by atoms with E-state index >= 15 is 0 Å². The lowest BCUT2D eigenvalue weighted by atomic mass is 9.79. The SMILES string of the molecule is Cc1ccccc1[C@@H]1c2ccccc2[C@@H]2[C@H]1CCCN2C. The minimum absolute atomic E-state index is 0.579. The molecule has 0 bridgehead atoms. The van der Waals surface area contributed by atoms with Crippen LogP contribution in [0, 0.1) is 12.8 Å². The summed E-state index contributed by atoms with van der Waals surface area (Å²) in [5, 5.41) is 0. The van der Waals surface area contributed by atoms with E-state index in [9.17, 15) is 0 Å². The fourth-order valence-corrected chi connectivity index (χ4v) is 4.65. The number of hydrogen-bond donors (Lipinski definition) is 0. The van der Waals surface area contributed by atoms with Crippen LogP contribution in [0.3, 0.4) is 0 Å². The molecule has 4 rings (SSSR count). The first-order valence-corrected chi connectivity index (χ1v) is 8.12. The fraction of sp³-hybridized carbons (Fsp3) is 0.400. The van der Waals surface area contributed by atoms with E-state index in [1.807, 2.05) is 0 Å². The van der Waals surface area contributed by atoms with E-state index in [2.05, 4.69) is 67.4 Å². The second kappa shape index (κ2) is 4.99. The number of hydrogen-bond acceptors (Lipinski definition) is 1. The van der Waals surface area contributed by atoms with Crippen LogP contribution >= 0.6 is 0 Å². The van der Waals surface area contributed by atoms with Gasteiger partial charge in [-0.05, 0) is 61.5 Å². The van der Waals surface area contributed by atoms with Crippen molar-refractivity contribution in [2.75, 3.05) is 13.6 Å². The second-order valence-corrected chi connectivity index (χ2v) is 6.69. The van der Waals surface area contributed by atoms with Gasteiger partial charge in [0, 0.05) is 12.0 Å². The molecule has 1 aliphatic carbocycles. The first kappa shape index (κ1) is 13.1. The third kappa shape index (κ3) is 1.95. The Labute approximate surface area is 127 Å². The Balaban J connectivity index is 1.89. The summed E-state index contributed by atoms with van der Waals surface area (Å²) in [5.74, 6) is 1.32. The molecule has 2 aliphatic rings. The summed E-state index contributed by atoms with van der Waals surface area (Å²) in [6.07, 6.45) is 2.68. The molecule has 1 nitrogen and oxygen atoms in total. The molecule has 0 N–H and O–H groups in total. The zero-order valence-electron chi connectivity index (χ0n) is 12.9. The monoisotopic (exact) mass is 277 g/mol. The van der Waals surface area contributed by atoms with Gasteiger partial charge in [0.1, 0.15) is 0 Å². The summed E-state index contributed by atoms with van der Waals surface area (Å²) >= 11 is 0. The van der Waals surface area contributed by atoms with Crippen LogP contribution in [0.1, 0.15) is 47.1 Å². The summed E-state index contributed by atoms with van der Waals surface area (Å²) in [6, 6.07) is 18.7. The van der Waals surface area contributed by atoms with Crippen molar-refractivity contribution >= 4 is 0 Å². The van der Waals surface area contributed by atoms with E-state index in [4.69, 9.17) is 0 Å². The first-order chi connectivity index (χ1) is 10.3. The number of fused-ring (bicyclic) bond motifs is 3. The highest BCUT2D eigenvalue weighted by molar-refractivity contribution is 5.48. The predicted octanol–water partition coefficient (Wildman–Crippen LogP) is 4.52. The minimum atomic E-state index is 0.579. The van der Waals surface area contributed by atoms with Gasteiger partial charge in [-0.2, -0.15) is 0 Å². The topological polar surface area (TPSA) is 3.24 Å². The fourth-order valence-electron chi connectivity index (χ4n) is 4.65. The van der Waals surface area contributed by atoms with Crippen molar-refractivity contribution < 1.29 is 0 Å². The number of benzene rings is 2. The van der Waals surface area contributed by atoms with Gasteiger partial charge in [0.05, 0.1) is 0 Å². The van der Waals surface area contributed by atoms with Gasteiger partial charge in [0.15, 0.2) is 0 Å². The van der Waals surface area contributed by atoms with Crippen molar-refractivity contribution in [2.24, 2.45) is 5.92 Å². The maximum absolute atomic E-state index is 2.57. The molecule has 108 valence electrons. The molecule has 0 saturated carbocycles. The van der Waals surface area contributed by atoms with Crippen LogP contribution in [0.5, 0.6) is 0 Å². The van der Waals surface area contributed by atoms with Crippen LogP contribution in [0.15, 0.2) is 48.5 Å². The molecule has 0 amide bonds. The summed E-state index contributed by atoms with van der Waals surface area (Å²) in [4.78, 5) is 2.57. The molecule has 0 spiro atoms. The van der Waals surface area contributed by atoms with Crippen molar-refractivity contribution in [3.63, 3.8) is 0 Å². The maximum atomic E-state index is 2.57. The number of piperidine rings is 1. The summed E-state index contributed by atoms with van der Waals surface area (Å²) in [5.41, 5.74) is 6.10. The van der Waals surface area contributed by atoms with Crippen LogP contribution in [0.25, 0.3) is 0 Å². The lowest BCUT2D eigenvalue weighted by Gasteiger charge is -2.37. The largest absolute Gasteiger partial charge is 0.299 e. The zero-order valence-corrected chi connectivity index (χ0v) is 12.9. The smallest absolute Gasteiger partial charge is 0.0385 e. The predicted molar refractivity (Wildman–Crippen MR) is 87.6 cm³/mol. The lowest BCUT2D eigenvalue weighted by Crippen LogP contribution is -2.34. The number of nitrogens with zero attached hydrogens (tertiary/aromatic N) is 1. The second-order valence-electron chi connectivity index (χ2n) is 6.69. The van der Waals surface area contributed by atoms with Crippen molar-refractivity contribution in [3.8, 4) is 0 Å². The Bertz CT molecular complexity index is 660. The van der Waals surface area contributed by atoms with Gasteiger partial charge in [0.25, 0.3) is 0 Å². The van der Waals surface area contributed by atoms with Gasteiger partial charge < -0.3 is 0 Å². The third-order valence-corrected chi connectivity index (χ3v) is 5.53. The Morgan fingerprint density at radius 2 is 1.57 bits per heavy atom. The normalized spacial score (nSPS) is 28.2. The summed E-state index contributed by atoms with van der Waals surface area (Å²) in [6.45, 7) is 3.49. The molecule has 1 heteroatoms. The Morgan fingerprint density at radius 1 is 0.905 bits per heavy atom. The quantitative estimate of drug-likeness (QED) is 0.740. The molecule has 0 aromatic heterocycles. The Kier molecular flexibility index (Phi) is 3.11. The van der Waals surface area contributed by atoms with Gasteiger partial charge in [-0.15, -0.1) is 0 Å². The van der Waals surface area contributed by atoms with E-state index < -0.39 is 0 Å². The molecule has 1 saturated heterocycles. The van der Waals surface area contributed by atoms with E-state index in [0.29, 0.717) is 12.0 Å². The van der Waals surface area contributed by atoms with E-state index in [-0.39, 0.29) is 0 Å². The summed E-state index contributed by atoms with van der Waals surface area (Å²) < 4.78 is 0. The number of rotatable bonds is 1. The average molecular weight is 277 g/mol.